The number of rotatable bonds is 1. The molecule has 0 bridgehead atoms. The van der Waals surface area contributed by atoms with E-state index in [1.807, 2.05) is 18.7 Å². The van der Waals surface area contributed by atoms with Crippen molar-refractivity contribution in [1.82, 2.24) is 10.2 Å². The van der Waals surface area contributed by atoms with Gasteiger partial charge in [0.05, 0.1) is 18.3 Å². The first-order chi connectivity index (χ1) is 7.09. The summed E-state index contributed by atoms with van der Waals surface area (Å²) >= 11 is 0. The maximum Gasteiger partial charge on any atom is 0.240 e. The molecule has 1 saturated heterocycles. The van der Waals surface area contributed by atoms with Gasteiger partial charge in [-0.15, -0.1) is 0 Å². The van der Waals surface area contributed by atoms with E-state index in [1.165, 1.54) is 0 Å². The van der Waals surface area contributed by atoms with Gasteiger partial charge < -0.3 is 10.0 Å². The van der Waals surface area contributed by atoms with E-state index in [0.29, 0.717) is 6.04 Å². The number of aliphatic hydroxyl groups excluding tert-OH is 1. The zero-order chi connectivity index (χ0) is 11.0. The molecule has 0 aromatic heterocycles. The second-order valence-corrected chi connectivity index (χ2v) is 4.77. The first kappa shape index (κ1) is 10.9. The molecule has 2 unspecified atom stereocenters. The number of hydrogen-bond donors (Lipinski definition) is 2. The van der Waals surface area contributed by atoms with E-state index in [1.54, 1.807) is 0 Å². The molecule has 1 saturated carbocycles. The number of amides is 1. The number of aliphatic hydroxyl groups is 1. The molecule has 2 atom stereocenters. The number of nitrogens with zero attached hydrogens (tertiary/aromatic N) is 1. The molecule has 0 spiro atoms. The van der Waals surface area contributed by atoms with Gasteiger partial charge in [-0.05, 0) is 39.5 Å². The van der Waals surface area contributed by atoms with Crippen LogP contribution in [0.15, 0.2) is 0 Å². The molecule has 0 aromatic carbocycles. The second-order valence-electron chi connectivity index (χ2n) is 4.77. The monoisotopic (exact) mass is 212 g/mol. The third-order valence-corrected chi connectivity index (χ3v) is 3.59. The maximum atomic E-state index is 11.9. The normalized spacial score (nSPS) is 42.3. The molecule has 2 N–H and O–H groups in total. The van der Waals surface area contributed by atoms with Crippen LogP contribution in [0.1, 0.15) is 39.5 Å². The summed E-state index contributed by atoms with van der Waals surface area (Å²) in [6.07, 6.45) is 3.52. The molecule has 1 aliphatic carbocycles. The minimum atomic E-state index is -0.153. The second kappa shape index (κ2) is 4.10. The van der Waals surface area contributed by atoms with Crippen molar-refractivity contribution in [3.8, 4) is 0 Å². The minimum absolute atomic E-state index is 0.0492. The highest BCUT2D eigenvalue weighted by Crippen LogP contribution is 2.26. The highest BCUT2D eigenvalue weighted by Gasteiger charge is 2.38. The summed E-state index contributed by atoms with van der Waals surface area (Å²) in [4.78, 5) is 13.9. The van der Waals surface area contributed by atoms with E-state index in [2.05, 4.69) is 5.32 Å². The van der Waals surface area contributed by atoms with Gasteiger partial charge in [-0.2, -0.15) is 0 Å². The summed E-state index contributed by atoms with van der Waals surface area (Å²) in [7, 11) is 0. The van der Waals surface area contributed by atoms with Gasteiger partial charge in [0.15, 0.2) is 0 Å². The predicted octanol–water partition coefficient (Wildman–Crippen LogP) is 0.456. The quantitative estimate of drug-likeness (QED) is 0.664. The minimum Gasteiger partial charge on any atom is -0.393 e. The highest BCUT2D eigenvalue weighted by atomic mass is 16.3. The molecule has 1 heterocycles. The summed E-state index contributed by atoms with van der Waals surface area (Å²) in [6.45, 7) is 3.95. The van der Waals surface area contributed by atoms with Gasteiger partial charge in [-0.25, -0.2) is 0 Å². The molecule has 1 aliphatic heterocycles. The summed E-state index contributed by atoms with van der Waals surface area (Å²) in [5.74, 6) is 0.212. The van der Waals surface area contributed by atoms with Crippen molar-refractivity contribution >= 4 is 5.91 Å². The first-order valence-electron chi connectivity index (χ1n) is 5.86. The summed E-state index contributed by atoms with van der Waals surface area (Å²) in [5, 5.41) is 12.7. The first-order valence-corrected chi connectivity index (χ1v) is 5.86. The molecule has 4 nitrogen and oxygen atoms in total. The van der Waals surface area contributed by atoms with Crippen LogP contribution in [0.25, 0.3) is 0 Å². The van der Waals surface area contributed by atoms with E-state index in [4.69, 9.17) is 0 Å². The van der Waals surface area contributed by atoms with Crippen molar-refractivity contribution in [3.05, 3.63) is 0 Å². The molecule has 4 heteroatoms. The van der Waals surface area contributed by atoms with E-state index in [-0.39, 0.29) is 24.2 Å². The fourth-order valence-corrected chi connectivity index (χ4v) is 2.76. The molecule has 2 rings (SSSR count). The summed E-state index contributed by atoms with van der Waals surface area (Å²) in [5.41, 5.74) is 0. The Morgan fingerprint density at radius 1 is 1.27 bits per heavy atom. The lowest BCUT2D eigenvalue weighted by Gasteiger charge is -2.35. The van der Waals surface area contributed by atoms with Gasteiger partial charge >= 0.3 is 0 Å². The number of carbonyl (C=O) groups is 1. The van der Waals surface area contributed by atoms with Crippen molar-refractivity contribution < 1.29 is 9.90 Å². The number of hydrogen-bond acceptors (Lipinski definition) is 3. The van der Waals surface area contributed by atoms with Gasteiger partial charge in [0.25, 0.3) is 0 Å². The van der Waals surface area contributed by atoms with Crippen LogP contribution in [-0.2, 0) is 4.79 Å². The highest BCUT2D eigenvalue weighted by molar-refractivity contribution is 5.84. The topological polar surface area (TPSA) is 52.6 Å². The van der Waals surface area contributed by atoms with Crippen LogP contribution in [0, 0.1) is 0 Å². The Morgan fingerprint density at radius 3 is 2.33 bits per heavy atom. The fraction of sp³-hybridized carbons (Fsp3) is 0.909. The van der Waals surface area contributed by atoms with Crippen molar-refractivity contribution in [2.24, 2.45) is 0 Å². The Morgan fingerprint density at radius 2 is 1.87 bits per heavy atom. The number of nitrogens with one attached hydrogen (secondary N) is 1. The van der Waals surface area contributed by atoms with Gasteiger partial charge in [-0.3, -0.25) is 10.1 Å². The number of carbonyl (C=O) groups excluding carboxylic acids is 1. The summed E-state index contributed by atoms with van der Waals surface area (Å²) in [6, 6.07) is 0.278. The lowest BCUT2D eigenvalue weighted by molar-refractivity contribution is -0.132. The predicted molar refractivity (Wildman–Crippen MR) is 57.2 cm³/mol. The lowest BCUT2D eigenvalue weighted by atomic mass is 9.92. The Labute approximate surface area is 90.6 Å². The summed E-state index contributed by atoms with van der Waals surface area (Å²) < 4.78 is 0. The molecule has 2 fully saturated rings. The molecule has 1 amide bonds. The van der Waals surface area contributed by atoms with Crippen LogP contribution in [0.5, 0.6) is 0 Å². The maximum absolute atomic E-state index is 11.9. The van der Waals surface area contributed by atoms with Crippen molar-refractivity contribution in [1.29, 1.82) is 0 Å². The van der Waals surface area contributed by atoms with E-state index in [0.717, 1.165) is 25.7 Å². The average Bonchev–Trinajstić information content (AvgIpc) is 2.44. The van der Waals surface area contributed by atoms with E-state index in [9.17, 15) is 9.90 Å². The van der Waals surface area contributed by atoms with E-state index < -0.39 is 0 Å². The Hall–Kier alpha value is -0.610. The molecule has 2 aliphatic rings. The van der Waals surface area contributed by atoms with Crippen molar-refractivity contribution in [2.75, 3.05) is 0 Å². The van der Waals surface area contributed by atoms with Crippen LogP contribution >= 0.6 is 0 Å². The average molecular weight is 212 g/mol. The molecule has 15 heavy (non-hydrogen) atoms. The zero-order valence-corrected chi connectivity index (χ0v) is 9.44. The van der Waals surface area contributed by atoms with Gasteiger partial charge in [-0.1, -0.05) is 0 Å². The zero-order valence-electron chi connectivity index (χ0n) is 9.44. The van der Waals surface area contributed by atoms with Gasteiger partial charge in [0, 0.05) is 6.04 Å². The van der Waals surface area contributed by atoms with Crippen molar-refractivity contribution in [2.45, 2.75) is 63.9 Å². The standard InChI is InChI=1S/C11H20N2O2/c1-7-11(15)13(8(2)12-7)9-3-5-10(14)6-4-9/h7-10,12,14H,3-6H2,1-2H3. The van der Waals surface area contributed by atoms with Crippen LogP contribution in [0.2, 0.25) is 0 Å². The molecule has 0 radical (unpaired) electrons. The van der Waals surface area contributed by atoms with E-state index >= 15 is 0 Å². The van der Waals surface area contributed by atoms with Crippen LogP contribution in [0.4, 0.5) is 0 Å². The molecule has 0 aromatic rings. The Balaban J connectivity index is 2.01. The Kier molecular flexibility index (Phi) is 2.98. The van der Waals surface area contributed by atoms with Crippen LogP contribution in [0.3, 0.4) is 0 Å². The largest absolute Gasteiger partial charge is 0.393 e. The van der Waals surface area contributed by atoms with Crippen LogP contribution in [-0.4, -0.2) is 40.3 Å². The lowest BCUT2D eigenvalue weighted by Crippen LogP contribution is -2.45. The van der Waals surface area contributed by atoms with Crippen LogP contribution < -0.4 is 5.32 Å². The van der Waals surface area contributed by atoms with Gasteiger partial charge in [0.1, 0.15) is 0 Å². The fourth-order valence-electron chi connectivity index (χ4n) is 2.76. The third kappa shape index (κ3) is 2.01. The smallest absolute Gasteiger partial charge is 0.240 e. The molecular weight excluding hydrogens is 192 g/mol. The molecular formula is C11H20N2O2. The van der Waals surface area contributed by atoms with Crippen molar-refractivity contribution in [3.63, 3.8) is 0 Å². The Bertz CT molecular complexity index is 249. The SMILES string of the molecule is CC1NC(C)N(C2CCC(O)CC2)C1=O. The third-order valence-electron chi connectivity index (χ3n) is 3.59. The van der Waals surface area contributed by atoms with Gasteiger partial charge in [0.2, 0.25) is 5.91 Å². The molecule has 86 valence electrons.